The Morgan fingerprint density at radius 3 is 2.95 bits per heavy atom. The molecule has 2 aromatic rings. The Morgan fingerprint density at radius 2 is 2.16 bits per heavy atom. The van der Waals surface area contributed by atoms with Crippen LogP contribution in [-0.2, 0) is 0 Å². The van der Waals surface area contributed by atoms with Gasteiger partial charge >= 0.3 is 0 Å². The molecule has 5 nitrogen and oxygen atoms in total. The molecule has 3 rings (SSSR count). The van der Waals surface area contributed by atoms with Crippen LogP contribution in [0.3, 0.4) is 0 Å². The molecule has 0 aromatic carbocycles. The Balaban J connectivity index is 1.84. The molecule has 1 aliphatic rings. The third-order valence-electron chi connectivity index (χ3n) is 3.31. The fraction of sp³-hybridized carbons (Fsp3) is 0.385. The van der Waals surface area contributed by atoms with Crippen molar-refractivity contribution in [1.82, 2.24) is 15.0 Å². The van der Waals surface area contributed by atoms with Crippen LogP contribution < -0.4 is 4.90 Å². The molecule has 0 radical (unpaired) electrons. The predicted octanol–water partition coefficient (Wildman–Crippen LogP) is 2.19. The Morgan fingerprint density at radius 1 is 1.26 bits per heavy atom. The maximum absolute atomic E-state index is 9.11. The van der Waals surface area contributed by atoms with Crippen LogP contribution in [0.2, 0.25) is 0 Å². The quantitative estimate of drug-likeness (QED) is 0.837. The van der Waals surface area contributed by atoms with Crippen molar-refractivity contribution in [3.8, 4) is 6.07 Å². The second-order valence-corrected chi connectivity index (χ2v) is 5.42. The lowest BCUT2D eigenvalue weighted by Crippen LogP contribution is -2.35. The van der Waals surface area contributed by atoms with Crippen LogP contribution in [0.25, 0.3) is 0 Å². The van der Waals surface area contributed by atoms with Gasteiger partial charge in [-0.2, -0.15) is 5.26 Å². The highest BCUT2D eigenvalue weighted by Crippen LogP contribution is 2.30. The molecule has 0 spiro atoms. The van der Waals surface area contributed by atoms with E-state index < -0.39 is 0 Å². The SMILES string of the molecule is N#Cc1nccnc1N1CCCC(c2nccs2)C1. The Bertz CT molecular complexity index is 589. The van der Waals surface area contributed by atoms with Crippen LogP contribution in [0.4, 0.5) is 5.82 Å². The first-order chi connectivity index (χ1) is 9.38. The first-order valence-electron chi connectivity index (χ1n) is 6.24. The number of nitriles is 1. The predicted molar refractivity (Wildman–Crippen MR) is 73.0 cm³/mol. The number of thiazole rings is 1. The largest absolute Gasteiger partial charge is 0.354 e. The van der Waals surface area contributed by atoms with Crippen molar-refractivity contribution in [2.75, 3.05) is 18.0 Å². The zero-order valence-corrected chi connectivity index (χ0v) is 11.2. The van der Waals surface area contributed by atoms with Crippen LogP contribution >= 0.6 is 11.3 Å². The van der Waals surface area contributed by atoms with Gasteiger partial charge in [0.15, 0.2) is 11.5 Å². The molecule has 1 saturated heterocycles. The van der Waals surface area contributed by atoms with E-state index in [2.05, 4.69) is 25.9 Å². The molecule has 0 aliphatic carbocycles. The zero-order chi connectivity index (χ0) is 13.1. The van der Waals surface area contributed by atoms with Gasteiger partial charge in [0, 0.05) is 43.0 Å². The van der Waals surface area contributed by atoms with Gasteiger partial charge in [0.1, 0.15) is 6.07 Å². The summed E-state index contributed by atoms with van der Waals surface area (Å²) in [4.78, 5) is 15.0. The average molecular weight is 271 g/mol. The highest BCUT2D eigenvalue weighted by Gasteiger charge is 2.25. The monoisotopic (exact) mass is 271 g/mol. The number of anilines is 1. The van der Waals surface area contributed by atoms with Crippen molar-refractivity contribution in [1.29, 1.82) is 5.26 Å². The highest BCUT2D eigenvalue weighted by molar-refractivity contribution is 7.09. The number of piperidine rings is 1. The Kier molecular flexibility index (Phi) is 3.38. The number of hydrogen-bond acceptors (Lipinski definition) is 6. The molecular formula is C13H13N5S. The van der Waals surface area contributed by atoms with Gasteiger partial charge in [0.25, 0.3) is 0 Å². The minimum Gasteiger partial charge on any atom is -0.354 e. The lowest BCUT2D eigenvalue weighted by Gasteiger charge is -2.32. The van der Waals surface area contributed by atoms with E-state index in [1.54, 1.807) is 23.7 Å². The van der Waals surface area contributed by atoms with E-state index in [1.807, 2.05) is 11.6 Å². The van der Waals surface area contributed by atoms with E-state index in [0.29, 0.717) is 17.4 Å². The molecule has 3 heterocycles. The summed E-state index contributed by atoms with van der Waals surface area (Å²) in [6, 6.07) is 2.11. The normalized spacial score (nSPS) is 19.1. The van der Waals surface area contributed by atoms with Gasteiger partial charge in [-0.05, 0) is 12.8 Å². The van der Waals surface area contributed by atoms with E-state index in [-0.39, 0.29) is 0 Å². The second kappa shape index (κ2) is 5.33. The summed E-state index contributed by atoms with van der Waals surface area (Å²) in [6.07, 6.45) is 7.29. The molecule has 0 bridgehead atoms. The molecule has 1 fully saturated rings. The molecule has 1 aliphatic heterocycles. The molecule has 0 saturated carbocycles. The standard InChI is InChI=1S/C13H13N5S/c14-8-11-12(16-4-3-15-11)18-6-1-2-10(9-18)13-17-5-7-19-13/h3-5,7,10H,1-2,6,9H2. The number of hydrogen-bond donors (Lipinski definition) is 0. The van der Waals surface area contributed by atoms with Crippen molar-refractivity contribution < 1.29 is 0 Å². The van der Waals surface area contributed by atoms with Crippen LogP contribution in [0.5, 0.6) is 0 Å². The van der Waals surface area contributed by atoms with E-state index in [0.717, 1.165) is 25.9 Å². The molecule has 96 valence electrons. The van der Waals surface area contributed by atoms with E-state index in [1.165, 1.54) is 5.01 Å². The molecular weight excluding hydrogens is 258 g/mol. The van der Waals surface area contributed by atoms with Crippen molar-refractivity contribution >= 4 is 17.2 Å². The average Bonchev–Trinajstić information content (AvgIpc) is 3.01. The van der Waals surface area contributed by atoms with E-state index in [9.17, 15) is 0 Å². The lowest BCUT2D eigenvalue weighted by atomic mass is 9.98. The van der Waals surface area contributed by atoms with Gasteiger partial charge in [-0.15, -0.1) is 11.3 Å². The summed E-state index contributed by atoms with van der Waals surface area (Å²) in [7, 11) is 0. The molecule has 0 amide bonds. The minimum absolute atomic E-state index is 0.405. The van der Waals surface area contributed by atoms with Crippen LogP contribution in [0, 0.1) is 11.3 Å². The first-order valence-corrected chi connectivity index (χ1v) is 7.12. The van der Waals surface area contributed by atoms with Crippen LogP contribution in [0.15, 0.2) is 24.0 Å². The third-order valence-corrected chi connectivity index (χ3v) is 4.24. The molecule has 6 heteroatoms. The zero-order valence-electron chi connectivity index (χ0n) is 10.4. The van der Waals surface area contributed by atoms with Crippen molar-refractivity contribution in [3.63, 3.8) is 0 Å². The molecule has 19 heavy (non-hydrogen) atoms. The Labute approximate surface area is 115 Å². The molecule has 1 unspecified atom stereocenters. The maximum atomic E-state index is 9.11. The smallest absolute Gasteiger partial charge is 0.183 e. The van der Waals surface area contributed by atoms with Crippen molar-refractivity contribution in [2.24, 2.45) is 0 Å². The Hall–Kier alpha value is -2.00. The number of nitrogens with zero attached hydrogens (tertiary/aromatic N) is 5. The number of rotatable bonds is 2. The van der Waals surface area contributed by atoms with Gasteiger partial charge in [0.2, 0.25) is 0 Å². The first kappa shape index (κ1) is 12.1. The number of aromatic nitrogens is 3. The summed E-state index contributed by atoms with van der Waals surface area (Å²) in [6.45, 7) is 1.79. The third kappa shape index (κ3) is 2.42. The maximum Gasteiger partial charge on any atom is 0.183 e. The molecule has 2 aromatic heterocycles. The summed E-state index contributed by atoms with van der Waals surface area (Å²) < 4.78 is 0. The van der Waals surface area contributed by atoms with Gasteiger partial charge in [-0.3, -0.25) is 0 Å². The van der Waals surface area contributed by atoms with Crippen LogP contribution in [0.1, 0.15) is 29.5 Å². The summed E-state index contributed by atoms with van der Waals surface area (Å²) >= 11 is 1.70. The summed E-state index contributed by atoms with van der Waals surface area (Å²) in [5.41, 5.74) is 0.405. The van der Waals surface area contributed by atoms with Gasteiger partial charge < -0.3 is 4.90 Å². The van der Waals surface area contributed by atoms with Gasteiger partial charge in [-0.1, -0.05) is 0 Å². The fourth-order valence-corrected chi connectivity index (χ4v) is 3.22. The molecule has 1 atom stereocenters. The van der Waals surface area contributed by atoms with Crippen LogP contribution in [-0.4, -0.2) is 28.0 Å². The lowest BCUT2D eigenvalue weighted by molar-refractivity contribution is 0.504. The van der Waals surface area contributed by atoms with E-state index in [4.69, 9.17) is 5.26 Å². The fourth-order valence-electron chi connectivity index (χ4n) is 2.45. The highest BCUT2D eigenvalue weighted by atomic mass is 32.1. The van der Waals surface area contributed by atoms with Crippen molar-refractivity contribution in [2.45, 2.75) is 18.8 Å². The topological polar surface area (TPSA) is 65.7 Å². The summed E-state index contributed by atoms with van der Waals surface area (Å²) in [5.74, 6) is 1.13. The van der Waals surface area contributed by atoms with Gasteiger partial charge in [-0.25, -0.2) is 15.0 Å². The van der Waals surface area contributed by atoms with E-state index >= 15 is 0 Å². The molecule has 0 N–H and O–H groups in total. The van der Waals surface area contributed by atoms with Crippen molar-refractivity contribution in [3.05, 3.63) is 34.7 Å². The second-order valence-electron chi connectivity index (χ2n) is 4.50. The summed E-state index contributed by atoms with van der Waals surface area (Å²) in [5, 5.41) is 12.3. The minimum atomic E-state index is 0.405. The van der Waals surface area contributed by atoms with Gasteiger partial charge in [0.05, 0.1) is 5.01 Å².